The number of allylic oxidation sites excluding steroid dienone is 2. The van der Waals surface area contributed by atoms with Crippen LogP contribution in [0.4, 0.5) is 0 Å². The summed E-state index contributed by atoms with van der Waals surface area (Å²) in [5, 5.41) is 2.10. The van der Waals surface area contributed by atoms with E-state index in [9.17, 15) is 0 Å². The first-order valence-electron chi connectivity index (χ1n) is 15.1. The first-order chi connectivity index (χ1) is 21.1. The molecule has 8 rings (SSSR count). The van der Waals surface area contributed by atoms with Crippen LogP contribution in [0.25, 0.3) is 53.7 Å². The fourth-order valence-corrected chi connectivity index (χ4v) is 42.7. The van der Waals surface area contributed by atoms with Gasteiger partial charge >= 0.3 is 277 Å². The van der Waals surface area contributed by atoms with Crippen molar-refractivity contribution in [2.75, 3.05) is 0 Å². The Morgan fingerprint density at radius 2 is 1.05 bits per heavy atom. The van der Waals surface area contributed by atoms with Gasteiger partial charge in [-0.25, -0.2) is 0 Å². The molecule has 0 fully saturated rings. The molecule has 0 spiro atoms. The minimum absolute atomic E-state index is 0.0566. The van der Waals surface area contributed by atoms with E-state index >= 15 is 0 Å². The normalized spacial score (nSPS) is 18.8. The molecule has 2 aliphatic rings. The van der Waals surface area contributed by atoms with Gasteiger partial charge in [0.2, 0.25) is 0 Å². The maximum absolute atomic E-state index is 8.44. The van der Waals surface area contributed by atoms with E-state index in [0.717, 1.165) is 21.0 Å². The maximum atomic E-state index is 8.44. The fourth-order valence-electron chi connectivity index (χ4n) is 7.75. The Kier molecular flexibility index (Phi) is 6.92. The zero-order valence-corrected chi connectivity index (χ0v) is 31.7. The summed E-state index contributed by atoms with van der Waals surface area (Å²) < 4.78 is 2.52. The molecule has 2 aliphatic carbocycles. The van der Waals surface area contributed by atoms with Crippen molar-refractivity contribution in [3.05, 3.63) is 118 Å². The van der Waals surface area contributed by atoms with E-state index in [1.54, 1.807) is 22.7 Å². The SMILES string of the molecule is CC1=Cc2c(-c3nc4ccccc4s3)cccc2[CH]1[Zr]([Cl])([Cl])([CH]1C(C)=Cc2c(-c3nc4ccccc4s3)cccc21)[SiH](C)C. The summed E-state index contributed by atoms with van der Waals surface area (Å²) in [6, 6.07) is 30.1. The van der Waals surface area contributed by atoms with Crippen molar-refractivity contribution in [3.63, 3.8) is 0 Å². The summed E-state index contributed by atoms with van der Waals surface area (Å²) in [5.41, 5.74) is 12.1. The van der Waals surface area contributed by atoms with Crippen molar-refractivity contribution in [1.82, 2.24) is 9.97 Å². The molecule has 2 unspecified atom stereocenters. The van der Waals surface area contributed by atoms with E-state index < -0.39 is 21.5 Å². The number of hydrogen-bond acceptors (Lipinski definition) is 4. The molecular formula is C36H31Cl2N2S2SiZr. The van der Waals surface area contributed by atoms with Gasteiger partial charge in [0, 0.05) is 0 Å². The van der Waals surface area contributed by atoms with E-state index in [2.05, 4.69) is 124 Å². The van der Waals surface area contributed by atoms with Crippen LogP contribution in [-0.4, -0.2) is 15.9 Å². The molecule has 2 nitrogen and oxygen atoms in total. The molecule has 0 saturated carbocycles. The Morgan fingerprint density at radius 1 is 0.614 bits per heavy atom. The number of halogens is 2. The minimum atomic E-state index is -4.75. The number of benzene rings is 4. The zero-order chi connectivity index (χ0) is 30.4. The van der Waals surface area contributed by atoms with Crippen molar-refractivity contribution >= 4 is 78.2 Å². The van der Waals surface area contributed by atoms with Crippen LogP contribution in [0.3, 0.4) is 0 Å². The molecule has 44 heavy (non-hydrogen) atoms. The monoisotopic (exact) mass is 743 g/mol. The standard InChI is InChI=1S/2C17H12NS.C2H7Si.2ClH.Zr/c2*1-11-9-12-5-4-6-13(14(12)10-11)17-18-15-7-2-3-8-16(15)19-17;1-3-2;;;/h2*2-10H,1H3;3H,1-2H3;2*1H;/q;;;;;+2/p-2. The summed E-state index contributed by atoms with van der Waals surface area (Å²) in [6.45, 7) is 9.31. The Labute approximate surface area is 274 Å². The van der Waals surface area contributed by atoms with Gasteiger partial charge in [0.05, 0.1) is 0 Å². The number of nitrogens with zero attached hydrogens (tertiary/aromatic N) is 2. The molecule has 2 atom stereocenters. The molecular weight excluding hydrogens is 715 g/mol. The average Bonchev–Trinajstić information content (AvgIpc) is 3.77. The van der Waals surface area contributed by atoms with Gasteiger partial charge in [-0.15, -0.1) is 0 Å². The van der Waals surface area contributed by atoms with Gasteiger partial charge in [-0.05, 0) is 0 Å². The predicted molar refractivity (Wildman–Crippen MR) is 193 cm³/mol. The summed E-state index contributed by atoms with van der Waals surface area (Å²) in [4.78, 5) is 10.1. The first kappa shape index (κ1) is 29.2. The Hall–Kier alpha value is -2.18. The fraction of sp³-hybridized carbons (Fsp3) is 0.167. The van der Waals surface area contributed by atoms with Crippen LogP contribution in [0, 0.1) is 0 Å². The molecule has 0 aliphatic heterocycles. The third kappa shape index (κ3) is 4.18. The number of hydrogen-bond donors (Lipinski definition) is 0. The third-order valence-electron chi connectivity index (χ3n) is 9.81. The van der Waals surface area contributed by atoms with E-state index in [0.29, 0.717) is 0 Å². The molecule has 0 bridgehead atoms. The van der Waals surface area contributed by atoms with E-state index in [4.69, 9.17) is 27.0 Å². The topological polar surface area (TPSA) is 25.8 Å². The van der Waals surface area contributed by atoms with Gasteiger partial charge in [-0.3, -0.25) is 0 Å². The van der Waals surface area contributed by atoms with Crippen LogP contribution < -0.4 is 0 Å². The van der Waals surface area contributed by atoms with Crippen molar-refractivity contribution in [1.29, 1.82) is 0 Å². The quantitative estimate of drug-likeness (QED) is 0.164. The van der Waals surface area contributed by atoms with Crippen LogP contribution in [0.2, 0.25) is 13.1 Å². The van der Waals surface area contributed by atoms with Gasteiger partial charge in [0.15, 0.2) is 0 Å². The second-order valence-electron chi connectivity index (χ2n) is 12.6. The van der Waals surface area contributed by atoms with Crippen LogP contribution in [0.1, 0.15) is 43.4 Å². The van der Waals surface area contributed by atoms with Crippen molar-refractivity contribution in [2.24, 2.45) is 0 Å². The second kappa shape index (κ2) is 10.4. The molecule has 2 heterocycles. The third-order valence-corrected chi connectivity index (χ3v) is 64.2. The van der Waals surface area contributed by atoms with Crippen molar-refractivity contribution in [2.45, 2.75) is 34.2 Å². The van der Waals surface area contributed by atoms with Gasteiger partial charge in [-0.2, -0.15) is 0 Å². The predicted octanol–water partition coefficient (Wildman–Crippen LogP) is 11.8. The number of rotatable bonds is 5. The van der Waals surface area contributed by atoms with Crippen molar-refractivity contribution < 1.29 is 15.6 Å². The Bertz CT molecular complexity index is 2000. The van der Waals surface area contributed by atoms with E-state index in [-0.39, 0.29) is 7.25 Å². The van der Waals surface area contributed by atoms with Crippen LogP contribution in [0.15, 0.2) is 96.1 Å². The van der Waals surface area contributed by atoms with Gasteiger partial charge in [-0.1, -0.05) is 0 Å². The number of thiazole rings is 2. The molecule has 0 radical (unpaired) electrons. The van der Waals surface area contributed by atoms with Gasteiger partial charge < -0.3 is 0 Å². The molecule has 219 valence electrons. The van der Waals surface area contributed by atoms with Crippen molar-refractivity contribution in [3.8, 4) is 21.1 Å². The van der Waals surface area contributed by atoms with E-state index in [1.165, 1.54) is 53.9 Å². The second-order valence-corrected chi connectivity index (χ2v) is 57.2. The van der Waals surface area contributed by atoms with Crippen LogP contribution >= 0.6 is 39.7 Å². The zero-order valence-electron chi connectivity index (χ0n) is 24.9. The van der Waals surface area contributed by atoms with Gasteiger partial charge in [0.25, 0.3) is 0 Å². The summed E-state index contributed by atoms with van der Waals surface area (Å²) in [7, 11) is 16.9. The Morgan fingerprint density at radius 3 is 1.45 bits per heavy atom. The molecule has 0 N–H and O–H groups in total. The van der Waals surface area contributed by atoms with Crippen LogP contribution in [0.5, 0.6) is 0 Å². The molecule has 4 aromatic carbocycles. The number of fused-ring (bicyclic) bond motifs is 4. The molecule has 6 aromatic rings. The van der Waals surface area contributed by atoms with Crippen LogP contribution in [-0.2, 0) is 15.6 Å². The summed E-state index contributed by atoms with van der Waals surface area (Å²) in [5.74, 6) is -1.61. The molecule has 8 heteroatoms. The average molecular weight is 746 g/mol. The molecule has 0 amide bonds. The number of para-hydroxylation sites is 2. The molecule has 0 saturated heterocycles. The first-order valence-corrected chi connectivity index (χ1v) is 33.0. The summed E-state index contributed by atoms with van der Waals surface area (Å²) >= 11 is -1.24. The van der Waals surface area contributed by atoms with Gasteiger partial charge in [0.1, 0.15) is 0 Å². The number of aromatic nitrogens is 2. The van der Waals surface area contributed by atoms with E-state index in [1.807, 2.05) is 0 Å². The summed E-state index contributed by atoms with van der Waals surface area (Å²) in [6.07, 6.45) is 4.73. The molecule has 2 aromatic heterocycles. The Balaban J connectivity index is 1.29.